The first kappa shape index (κ1) is 22.7. The van der Waals surface area contributed by atoms with E-state index in [0.29, 0.717) is 0 Å². The molecule has 1 aromatic rings. The molecule has 0 spiro atoms. The van der Waals surface area contributed by atoms with Crippen LogP contribution >= 0.6 is 0 Å². The molecule has 0 bridgehead atoms. The number of esters is 1. The number of hydrogen-bond donors (Lipinski definition) is 0. The summed E-state index contributed by atoms with van der Waals surface area (Å²) in [5, 5.41) is 0. The molecule has 1 aliphatic heterocycles. The van der Waals surface area contributed by atoms with Crippen molar-refractivity contribution in [1.82, 2.24) is 0 Å². The lowest BCUT2D eigenvalue weighted by Gasteiger charge is -2.29. The Morgan fingerprint density at radius 1 is 0.821 bits per heavy atom. The molecule has 2 nitrogen and oxygen atoms in total. The minimum Gasteiger partial charge on any atom is -0.454 e. The van der Waals surface area contributed by atoms with Crippen LogP contribution in [0.1, 0.15) is 102 Å². The molecule has 2 rings (SSSR count). The number of aryl methyl sites for hydroxylation is 1. The average molecular weight is 385 g/mol. The van der Waals surface area contributed by atoms with Crippen LogP contribution in [0.15, 0.2) is 42.0 Å². The maximum absolute atomic E-state index is 11.7. The minimum absolute atomic E-state index is 0.0720. The highest BCUT2D eigenvalue weighted by Gasteiger charge is 2.34. The highest BCUT2D eigenvalue weighted by Crippen LogP contribution is 2.27. The van der Waals surface area contributed by atoms with Crippen molar-refractivity contribution in [2.75, 3.05) is 0 Å². The first-order valence-electron chi connectivity index (χ1n) is 11.8. The summed E-state index contributed by atoms with van der Waals surface area (Å²) in [5.41, 5.74) is 2.30. The molecule has 2 heteroatoms. The molecule has 1 saturated heterocycles. The summed E-state index contributed by atoms with van der Waals surface area (Å²) in [5.74, 6) is -0.0900. The van der Waals surface area contributed by atoms with Gasteiger partial charge in [0.05, 0.1) is 5.57 Å². The van der Waals surface area contributed by atoms with Gasteiger partial charge in [-0.15, -0.1) is 0 Å². The normalized spacial score (nSPS) is 17.5. The molecule has 1 atom stereocenters. The summed E-state index contributed by atoms with van der Waals surface area (Å²) < 4.78 is 5.35. The summed E-state index contributed by atoms with van der Waals surface area (Å²) in [6, 6.07) is 10.6. The predicted molar refractivity (Wildman–Crippen MR) is 118 cm³/mol. The lowest BCUT2D eigenvalue weighted by Crippen LogP contribution is -2.36. The summed E-state index contributed by atoms with van der Waals surface area (Å²) in [6.45, 7) is 2.27. The number of cyclic esters (lactones) is 1. The zero-order valence-electron chi connectivity index (χ0n) is 18.0. The van der Waals surface area contributed by atoms with E-state index in [0.717, 1.165) is 31.3 Å². The van der Waals surface area contributed by atoms with Gasteiger partial charge in [0.1, 0.15) is 6.10 Å². The average Bonchev–Trinajstić information content (AvgIpc) is 2.71. The van der Waals surface area contributed by atoms with Gasteiger partial charge in [0.2, 0.25) is 0 Å². The van der Waals surface area contributed by atoms with Gasteiger partial charge in [-0.2, -0.15) is 0 Å². The third-order valence-electron chi connectivity index (χ3n) is 5.78. The third kappa shape index (κ3) is 9.08. The predicted octanol–water partition coefficient (Wildman–Crippen LogP) is 7.56. The van der Waals surface area contributed by atoms with Crippen LogP contribution in [0.2, 0.25) is 0 Å². The molecule has 1 fully saturated rings. The van der Waals surface area contributed by atoms with Gasteiger partial charge >= 0.3 is 5.97 Å². The van der Waals surface area contributed by atoms with Crippen LogP contribution in [0.4, 0.5) is 0 Å². The highest BCUT2D eigenvalue weighted by atomic mass is 16.6. The maximum atomic E-state index is 11.7. The van der Waals surface area contributed by atoms with E-state index >= 15 is 0 Å². The van der Waals surface area contributed by atoms with Crippen molar-refractivity contribution in [2.24, 2.45) is 0 Å². The Morgan fingerprint density at radius 3 is 2.04 bits per heavy atom. The Hall–Kier alpha value is -1.57. The SMILES string of the molecule is CCCCCCCCCCCCCC1OC(=O)/C1=C\CCCc1ccccc1. The fraction of sp³-hybridized carbons (Fsp3) is 0.654. The van der Waals surface area contributed by atoms with Crippen molar-refractivity contribution in [3.8, 4) is 0 Å². The van der Waals surface area contributed by atoms with Gasteiger partial charge in [-0.25, -0.2) is 4.79 Å². The molecule has 1 unspecified atom stereocenters. The number of carbonyl (C=O) groups is 1. The molecule has 0 amide bonds. The van der Waals surface area contributed by atoms with Crippen LogP contribution in [0.5, 0.6) is 0 Å². The Balaban J connectivity index is 1.46. The highest BCUT2D eigenvalue weighted by molar-refractivity contribution is 5.95. The van der Waals surface area contributed by atoms with E-state index in [9.17, 15) is 4.79 Å². The number of rotatable bonds is 16. The zero-order valence-corrected chi connectivity index (χ0v) is 18.0. The molecule has 1 heterocycles. The van der Waals surface area contributed by atoms with Crippen LogP contribution in [-0.4, -0.2) is 12.1 Å². The van der Waals surface area contributed by atoms with Crippen LogP contribution in [0.25, 0.3) is 0 Å². The molecular weight excluding hydrogens is 344 g/mol. The Kier molecular flexibility index (Phi) is 11.7. The van der Waals surface area contributed by atoms with E-state index in [4.69, 9.17) is 4.74 Å². The van der Waals surface area contributed by atoms with Crippen LogP contribution < -0.4 is 0 Å². The Labute approximate surface area is 172 Å². The fourth-order valence-corrected chi connectivity index (χ4v) is 3.97. The maximum Gasteiger partial charge on any atom is 0.338 e. The van der Waals surface area contributed by atoms with E-state index in [1.54, 1.807) is 0 Å². The van der Waals surface area contributed by atoms with E-state index in [-0.39, 0.29) is 12.1 Å². The Bertz CT molecular complexity index is 561. The van der Waals surface area contributed by atoms with E-state index in [2.05, 4.69) is 43.3 Å². The zero-order chi connectivity index (χ0) is 19.9. The number of benzene rings is 1. The molecular formula is C26H40O2. The van der Waals surface area contributed by atoms with Gasteiger partial charge in [0.15, 0.2) is 0 Å². The summed E-state index contributed by atoms with van der Waals surface area (Å²) in [7, 11) is 0. The molecule has 0 aromatic heterocycles. The van der Waals surface area contributed by atoms with Crippen molar-refractivity contribution in [2.45, 2.75) is 109 Å². The van der Waals surface area contributed by atoms with Crippen molar-refractivity contribution in [1.29, 1.82) is 0 Å². The van der Waals surface area contributed by atoms with Crippen molar-refractivity contribution >= 4 is 5.97 Å². The van der Waals surface area contributed by atoms with Crippen molar-refractivity contribution < 1.29 is 9.53 Å². The number of hydrogen-bond acceptors (Lipinski definition) is 2. The van der Waals surface area contributed by atoms with Crippen molar-refractivity contribution in [3.63, 3.8) is 0 Å². The van der Waals surface area contributed by atoms with E-state index in [1.165, 1.54) is 76.2 Å². The minimum atomic E-state index is -0.0900. The molecule has 28 heavy (non-hydrogen) atoms. The van der Waals surface area contributed by atoms with Crippen molar-refractivity contribution in [3.05, 3.63) is 47.5 Å². The topological polar surface area (TPSA) is 26.3 Å². The largest absolute Gasteiger partial charge is 0.454 e. The quantitative estimate of drug-likeness (QED) is 0.167. The summed E-state index contributed by atoms with van der Waals surface area (Å²) >= 11 is 0. The standard InChI is InChI=1S/C26H40O2/c1-2-3-4-5-6-7-8-9-10-11-15-22-25-24(26(27)28-25)21-17-16-20-23-18-13-12-14-19-23/h12-14,18-19,21,25H,2-11,15-17,20,22H2,1H3/b24-21-. The van der Waals surface area contributed by atoms with Gasteiger partial charge in [0, 0.05) is 0 Å². The van der Waals surface area contributed by atoms with Crippen LogP contribution in [0.3, 0.4) is 0 Å². The second kappa shape index (κ2) is 14.4. The van der Waals surface area contributed by atoms with Gasteiger partial charge in [-0.3, -0.25) is 0 Å². The molecule has 1 aliphatic rings. The summed E-state index contributed by atoms with van der Waals surface area (Å²) in [4.78, 5) is 11.7. The van der Waals surface area contributed by atoms with E-state index < -0.39 is 0 Å². The second-order valence-corrected chi connectivity index (χ2v) is 8.26. The molecule has 0 N–H and O–H groups in total. The molecule has 0 radical (unpaired) electrons. The summed E-state index contributed by atoms with van der Waals surface area (Å²) in [6.07, 6.45) is 21.2. The van der Waals surface area contributed by atoms with Gasteiger partial charge in [-0.05, 0) is 37.7 Å². The number of ether oxygens (including phenoxy) is 1. The fourth-order valence-electron chi connectivity index (χ4n) is 3.97. The second-order valence-electron chi connectivity index (χ2n) is 8.26. The molecule has 1 aromatic carbocycles. The van der Waals surface area contributed by atoms with Gasteiger partial charge in [-0.1, -0.05) is 108 Å². The number of allylic oxidation sites excluding steroid dienone is 1. The lowest BCUT2D eigenvalue weighted by molar-refractivity contribution is -0.156. The molecule has 0 aliphatic carbocycles. The first-order valence-corrected chi connectivity index (χ1v) is 11.8. The van der Waals surface area contributed by atoms with E-state index in [1.807, 2.05) is 0 Å². The van der Waals surface area contributed by atoms with Crippen LogP contribution in [0, 0.1) is 0 Å². The van der Waals surface area contributed by atoms with Gasteiger partial charge < -0.3 is 4.74 Å². The third-order valence-corrected chi connectivity index (χ3v) is 5.78. The molecule has 0 saturated carbocycles. The monoisotopic (exact) mass is 384 g/mol. The smallest absolute Gasteiger partial charge is 0.338 e. The first-order chi connectivity index (χ1) is 13.8. The Morgan fingerprint density at radius 2 is 1.43 bits per heavy atom. The van der Waals surface area contributed by atoms with Gasteiger partial charge in [0.25, 0.3) is 0 Å². The van der Waals surface area contributed by atoms with Crippen LogP contribution in [-0.2, 0) is 16.0 Å². The number of carbonyl (C=O) groups excluding carboxylic acids is 1. The number of unbranched alkanes of at least 4 members (excludes halogenated alkanes) is 11. The molecule has 156 valence electrons. The lowest BCUT2D eigenvalue weighted by atomic mass is 9.96.